The molecule has 114 valence electrons. The summed E-state index contributed by atoms with van der Waals surface area (Å²) < 4.78 is 35.8. The summed E-state index contributed by atoms with van der Waals surface area (Å²) in [5.41, 5.74) is 0.615. The van der Waals surface area contributed by atoms with Gasteiger partial charge in [0.1, 0.15) is 5.75 Å². The van der Waals surface area contributed by atoms with Crippen molar-refractivity contribution < 1.29 is 22.8 Å². The molecular formula is C15H18O5S. The van der Waals surface area contributed by atoms with Gasteiger partial charge < -0.3 is 9.84 Å². The summed E-state index contributed by atoms with van der Waals surface area (Å²) in [6.07, 6.45) is -0.960. The molecule has 0 fully saturated rings. The Morgan fingerprint density at radius 3 is 2.38 bits per heavy atom. The summed E-state index contributed by atoms with van der Waals surface area (Å²) in [7, 11) is -2.51. The van der Waals surface area contributed by atoms with E-state index in [9.17, 15) is 13.5 Å². The van der Waals surface area contributed by atoms with Gasteiger partial charge in [0.25, 0.3) is 10.1 Å². The number of methoxy groups -OCH3 is 1. The second kappa shape index (κ2) is 6.01. The van der Waals surface area contributed by atoms with Gasteiger partial charge >= 0.3 is 0 Å². The zero-order valence-electron chi connectivity index (χ0n) is 11.9. The van der Waals surface area contributed by atoms with E-state index >= 15 is 0 Å². The first kappa shape index (κ1) is 15.8. The van der Waals surface area contributed by atoms with Crippen molar-refractivity contribution in [2.24, 2.45) is 5.92 Å². The highest BCUT2D eigenvalue weighted by Crippen LogP contribution is 2.28. The maximum absolute atomic E-state index is 10.9. The second-order valence-electron chi connectivity index (χ2n) is 5.14. The van der Waals surface area contributed by atoms with E-state index in [1.54, 1.807) is 26.2 Å². The molecular weight excluding hydrogens is 292 g/mol. The lowest BCUT2D eigenvalue weighted by molar-refractivity contribution is 0.127. The minimum atomic E-state index is -4.10. The fourth-order valence-corrected chi connectivity index (χ4v) is 3.15. The lowest BCUT2D eigenvalue weighted by atomic mass is 9.96. The Balaban J connectivity index is 2.30. The normalized spacial score (nSPS) is 14.9. The van der Waals surface area contributed by atoms with Crippen molar-refractivity contribution in [3.8, 4) is 5.75 Å². The van der Waals surface area contributed by atoms with Gasteiger partial charge in [0, 0.05) is 5.92 Å². The van der Waals surface area contributed by atoms with Crippen molar-refractivity contribution in [2.75, 3.05) is 12.9 Å². The molecule has 2 N–H and O–H groups in total. The molecule has 2 rings (SSSR count). The Hall–Kier alpha value is -1.63. The third-order valence-electron chi connectivity index (χ3n) is 3.43. The van der Waals surface area contributed by atoms with Crippen LogP contribution < -0.4 is 4.74 Å². The Bertz CT molecular complexity index is 739. The highest BCUT2D eigenvalue weighted by atomic mass is 32.2. The average Bonchev–Trinajstić information content (AvgIpc) is 2.43. The van der Waals surface area contributed by atoms with Crippen molar-refractivity contribution in [1.29, 1.82) is 0 Å². The molecule has 6 heteroatoms. The smallest absolute Gasteiger partial charge is 0.265 e. The van der Waals surface area contributed by atoms with Gasteiger partial charge in [-0.25, -0.2) is 0 Å². The molecule has 0 saturated heterocycles. The van der Waals surface area contributed by atoms with Gasteiger partial charge in [-0.05, 0) is 34.5 Å². The molecule has 0 aromatic heterocycles. The molecule has 0 aliphatic heterocycles. The van der Waals surface area contributed by atoms with Crippen LogP contribution in [0.25, 0.3) is 10.8 Å². The summed E-state index contributed by atoms with van der Waals surface area (Å²) in [4.78, 5) is 0. The molecule has 0 radical (unpaired) electrons. The van der Waals surface area contributed by atoms with Crippen LogP contribution in [0.15, 0.2) is 36.4 Å². The van der Waals surface area contributed by atoms with Gasteiger partial charge in [-0.15, -0.1) is 0 Å². The molecule has 0 heterocycles. The van der Waals surface area contributed by atoms with Crippen LogP contribution in [0.5, 0.6) is 5.75 Å². The van der Waals surface area contributed by atoms with Gasteiger partial charge in [0.15, 0.2) is 0 Å². The van der Waals surface area contributed by atoms with Gasteiger partial charge in [0.05, 0.1) is 19.0 Å². The lowest BCUT2D eigenvalue weighted by Crippen LogP contribution is -2.19. The van der Waals surface area contributed by atoms with E-state index in [2.05, 4.69) is 0 Å². The second-order valence-corrected chi connectivity index (χ2v) is 6.64. The van der Waals surface area contributed by atoms with E-state index in [1.165, 1.54) is 0 Å². The zero-order chi connectivity index (χ0) is 15.6. The van der Waals surface area contributed by atoms with E-state index in [-0.39, 0.29) is 0 Å². The molecule has 0 saturated carbocycles. The zero-order valence-corrected chi connectivity index (χ0v) is 12.7. The fourth-order valence-electron chi connectivity index (χ4n) is 2.31. The number of fused-ring (bicyclic) bond motifs is 1. The first-order valence-corrected chi connectivity index (χ1v) is 8.12. The van der Waals surface area contributed by atoms with Gasteiger partial charge in [-0.2, -0.15) is 8.42 Å². The van der Waals surface area contributed by atoms with Gasteiger partial charge in [-0.3, -0.25) is 4.55 Å². The number of benzene rings is 2. The standard InChI is InChI=1S/C15H18O5S/c1-10(9-21(17,18)19)15(16)13-4-3-12-8-14(20-2)6-5-11(12)7-13/h3-8,10,15-16H,9H2,1-2H3,(H,17,18,19)/t10?,15-/m0/s1. The van der Waals surface area contributed by atoms with Crippen LogP contribution in [0.2, 0.25) is 0 Å². The van der Waals surface area contributed by atoms with Crippen LogP contribution in [0.1, 0.15) is 18.6 Å². The monoisotopic (exact) mass is 310 g/mol. The molecule has 2 aromatic carbocycles. The predicted molar refractivity (Wildman–Crippen MR) is 81.0 cm³/mol. The summed E-state index contributed by atoms with van der Waals surface area (Å²) in [5.74, 6) is -0.333. The van der Waals surface area contributed by atoms with Crippen LogP contribution in [0.4, 0.5) is 0 Å². The molecule has 2 aromatic rings. The highest BCUT2D eigenvalue weighted by Gasteiger charge is 2.21. The van der Waals surface area contributed by atoms with E-state index < -0.39 is 27.9 Å². The van der Waals surface area contributed by atoms with E-state index in [0.29, 0.717) is 5.56 Å². The van der Waals surface area contributed by atoms with Gasteiger partial charge in [0.2, 0.25) is 0 Å². The van der Waals surface area contributed by atoms with E-state index in [0.717, 1.165) is 16.5 Å². The molecule has 0 bridgehead atoms. The molecule has 2 atom stereocenters. The number of aliphatic hydroxyl groups is 1. The van der Waals surface area contributed by atoms with Crippen molar-refractivity contribution in [1.82, 2.24) is 0 Å². The summed E-state index contributed by atoms with van der Waals surface area (Å²) in [6, 6.07) is 11.0. The van der Waals surface area contributed by atoms with E-state index in [1.807, 2.05) is 24.3 Å². The number of ether oxygens (including phenoxy) is 1. The molecule has 5 nitrogen and oxygen atoms in total. The average molecular weight is 310 g/mol. The first-order chi connectivity index (χ1) is 9.80. The van der Waals surface area contributed by atoms with Crippen molar-refractivity contribution in [3.05, 3.63) is 42.0 Å². The van der Waals surface area contributed by atoms with Crippen LogP contribution in [-0.2, 0) is 10.1 Å². The van der Waals surface area contributed by atoms with Crippen LogP contribution in [-0.4, -0.2) is 30.9 Å². The Kier molecular flexibility index (Phi) is 4.51. The fraction of sp³-hybridized carbons (Fsp3) is 0.333. The Labute approximate surface area is 123 Å². The third kappa shape index (κ3) is 3.93. The van der Waals surface area contributed by atoms with Gasteiger partial charge in [-0.1, -0.05) is 25.1 Å². The third-order valence-corrected chi connectivity index (χ3v) is 4.37. The molecule has 0 amide bonds. The topological polar surface area (TPSA) is 83.8 Å². The highest BCUT2D eigenvalue weighted by molar-refractivity contribution is 7.85. The van der Waals surface area contributed by atoms with Crippen molar-refractivity contribution in [2.45, 2.75) is 13.0 Å². The molecule has 1 unspecified atom stereocenters. The quantitative estimate of drug-likeness (QED) is 0.829. The van der Waals surface area contributed by atoms with Crippen molar-refractivity contribution >= 4 is 20.9 Å². The number of hydrogen-bond acceptors (Lipinski definition) is 4. The minimum absolute atomic E-state index is 0.477. The van der Waals surface area contributed by atoms with Crippen molar-refractivity contribution in [3.63, 3.8) is 0 Å². The Morgan fingerprint density at radius 1 is 1.14 bits per heavy atom. The molecule has 21 heavy (non-hydrogen) atoms. The SMILES string of the molecule is COc1ccc2cc([C@@H](O)C(C)CS(=O)(=O)O)ccc2c1. The lowest BCUT2D eigenvalue weighted by Gasteiger charge is -2.18. The molecule has 0 spiro atoms. The summed E-state index contributed by atoms with van der Waals surface area (Å²) in [5, 5.41) is 12.1. The molecule has 0 aliphatic carbocycles. The summed E-state index contributed by atoms with van der Waals surface area (Å²) >= 11 is 0. The largest absolute Gasteiger partial charge is 0.497 e. The number of rotatable bonds is 5. The van der Waals surface area contributed by atoms with Crippen LogP contribution in [0, 0.1) is 5.92 Å². The van der Waals surface area contributed by atoms with E-state index in [4.69, 9.17) is 9.29 Å². The summed E-state index contributed by atoms with van der Waals surface area (Å²) in [6.45, 7) is 1.58. The van der Waals surface area contributed by atoms with Crippen LogP contribution >= 0.6 is 0 Å². The maximum Gasteiger partial charge on any atom is 0.265 e. The minimum Gasteiger partial charge on any atom is -0.497 e. The number of hydrogen-bond donors (Lipinski definition) is 2. The Morgan fingerprint density at radius 2 is 1.76 bits per heavy atom. The maximum atomic E-state index is 10.9. The number of aliphatic hydroxyl groups excluding tert-OH is 1. The van der Waals surface area contributed by atoms with Crippen LogP contribution in [0.3, 0.4) is 0 Å². The molecule has 0 aliphatic rings. The first-order valence-electron chi connectivity index (χ1n) is 6.51. The predicted octanol–water partition coefficient (Wildman–Crippen LogP) is 2.41.